The number of carbonyl (C=O) groups is 2. The third kappa shape index (κ3) is 5.82. The number of para-hydroxylation sites is 1. The Balaban J connectivity index is 1.50. The van der Waals surface area contributed by atoms with Gasteiger partial charge in [0.2, 0.25) is 0 Å². The van der Waals surface area contributed by atoms with Crippen molar-refractivity contribution in [2.75, 3.05) is 5.32 Å². The highest BCUT2D eigenvalue weighted by Crippen LogP contribution is 2.27. The van der Waals surface area contributed by atoms with Crippen LogP contribution in [0.3, 0.4) is 0 Å². The predicted molar refractivity (Wildman–Crippen MR) is 142 cm³/mol. The lowest BCUT2D eigenvalue weighted by atomic mass is 10.0. The van der Waals surface area contributed by atoms with Gasteiger partial charge in [-0.05, 0) is 48.2 Å². The number of ether oxygens (including phenoxy) is 1. The number of hydrogen-bond acceptors (Lipinski definition) is 5. The lowest BCUT2D eigenvalue weighted by molar-refractivity contribution is -0.122. The summed E-state index contributed by atoms with van der Waals surface area (Å²) in [7, 11) is 0. The van der Waals surface area contributed by atoms with E-state index in [9.17, 15) is 14.7 Å². The molecule has 7 nitrogen and oxygen atoms in total. The van der Waals surface area contributed by atoms with E-state index in [0.717, 1.165) is 16.3 Å². The minimum Gasteiger partial charge on any atom is -0.506 e. The third-order valence-corrected chi connectivity index (χ3v) is 5.78. The van der Waals surface area contributed by atoms with Crippen molar-refractivity contribution in [1.29, 1.82) is 0 Å². The van der Waals surface area contributed by atoms with Crippen molar-refractivity contribution >= 4 is 46.1 Å². The second-order valence-electron chi connectivity index (χ2n) is 7.93. The van der Waals surface area contributed by atoms with Crippen LogP contribution in [0.4, 0.5) is 5.69 Å². The first kappa shape index (κ1) is 24.8. The van der Waals surface area contributed by atoms with E-state index >= 15 is 0 Å². The Kier molecular flexibility index (Phi) is 7.82. The molecule has 0 fully saturated rings. The van der Waals surface area contributed by atoms with Crippen molar-refractivity contribution in [3.8, 4) is 11.5 Å². The molecule has 0 spiro atoms. The molecule has 1 unspecified atom stereocenters. The standard InChI is InChI=1S/C28H24ClN3O4/c1-2-26(36-20-8-4-3-5-9-20)28(35)31-24-14-12-19(21-10-6-7-11-22(21)24)17-30-32-27(34)18-13-15-25(33)23(29)16-18/h3-17,26,33H,2H2,1H3,(H,31,35)(H,32,34)/b30-17+. The number of hydrogen-bond donors (Lipinski definition) is 3. The number of amides is 2. The zero-order chi connectivity index (χ0) is 25.5. The molecule has 0 saturated carbocycles. The number of halogens is 1. The fourth-order valence-electron chi connectivity index (χ4n) is 3.62. The predicted octanol–water partition coefficient (Wildman–Crippen LogP) is 5.76. The highest BCUT2D eigenvalue weighted by Gasteiger charge is 2.19. The first-order valence-corrected chi connectivity index (χ1v) is 11.7. The maximum Gasteiger partial charge on any atom is 0.271 e. The molecule has 182 valence electrons. The Hall–Kier alpha value is -4.36. The van der Waals surface area contributed by atoms with Gasteiger partial charge in [0.15, 0.2) is 6.10 Å². The molecule has 36 heavy (non-hydrogen) atoms. The molecule has 0 aliphatic heterocycles. The maximum atomic E-state index is 13.0. The summed E-state index contributed by atoms with van der Waals surface area (Å²) in [6.07, 6.45) is 1.40. The van der Waals surface area contributed by atoms with E-state index in [1.54, 1.807) is 6.07 Å². The molecule has 4 aromatic rings. The van der Waals surface area contributed by atoms with Crippen molar-refractivity contribution in [1.82, 2.24) is 5.43 Å². The summed E-state index contributed by atoms with van der Waals surface area (Å²) in [4.78, 5) is 25.3. The van der Waals surface area contributed by atoms with Gasteiger partial charge < -0.3 is 15.2 Å². The Bertz CT molecular complexity index is 1420. The zero-order valence-corrected chi connectivity index (χ0v) is 20.2. The number of carbonyl (C=O) groups excluding carboxylic acids is 2. The summed E-state index contributed by atoms with van der Waals surface area (Å²) in [5, 5.41) is 18.3. The summed E-state index contributed by atoms with van der Waals surface area (Å²) >= 11 is 5.87. The molecule has 4 aromatic carbocycles. The van der Waals surface area contributed by atoms with Gasteiger partial charge in [-0.25, -0.2) is 5.43 Å². The summed E-state index contributed by atoms with van der Waals surface area (Å²) in [6.45, 7) is 1.89. The topological polar surface area (TPSA) is 100 Å². The Morgan fingerprint density at radius 1 is 1.00 bits per heavy atom. The van der Waals surface area contributed by atoms with Crippen LogP contribution in [-0.4, -0.2) is 29.2 Å². The number of nitrogens with one attached hydrogen (secondary N) is 2. The first-order chi connectivity index (χ1) is 17.5. The van der Waals surface area contributed by atoms with Gasteiger partial charge in [0.1, 0.15) is 11.5 Å². The van der Waals surface area contributed by atoms with E-state index in [1.165, 1.54) is 24.4 Å². The first-order valence-electron chi connectivity index (χ1n) is 11.3. The second kappa shape index (κ2) is 11.4. The lowest BCUT2D eigenvalue weighted by Gasteiger charge is -2.18. The molecule has 1 atom stereocenters. The van der Waals surface area contributed by atoms with Crippen molar-refractivity contribution < 1.29 is 19.4 Å². The molecule has 0 aromatic heterocycles. The highest BCUT2D eigenvalue weighted by atomic mass is 35.5. The number of nitrogens with zero attached hydrogens (tertiary/aromatic N) is 1. The normalized spacial score (nSPS) is 11.8. The average molecular weight is 502 g/mol. The van der Waals surface area contributed by atoms with E-state index in [2.05, 4.69) is 15.8 Å². The van der Waals surface area contributed by atoms with Crippen LogP contribution in [0.2, 0.25) is 5.02 Å². The number of hydrazone groups is 1. The molecule has 3 N–H and O–H groups in total. The molecule has 8 heteroatoms. The lowest BCUT2D eigenvalue weighted by Crippen LogP contribution is -2.32. The maximum absolute atomic E-state index is 13.0. The van der Waals surface area contributed by atoms with Gasteiger partial charge in [-0.2, -0.15) is 5.10 Å². The molecule has 0 bridgehead atoms. The van der Waals surface area contributed by atoms with E-state index < -0.39 is 12.0 Å². The van der Waals surface area contributed by atoms with Crippen molar-refractivity contribution in [2.45, 2.75) is 19.4 Å². The minimum atomic E-state index is -0.643. The van der Waals surface area contributed by atoms with Crippen LogP contribution in [0, 0.1) is 0 Å². The average Bonchev–Trinajstić information content (AvgIpc) is 2.90. The number of benzene rings is 4. The molecule has 0 aliphatic rings. The summed E-state index contributed by atoms with van der Waals surface area (Å²) in [5.41, 5.74) is 4.11. The van der Waals surface area contributed by atoms with Crippen LogP contribution in [0.5, 0.6) is 11.5 Å². The van der Waals surface area contributed by atoms with Crippen LogP contribution >= 0.6 is 11.6 Å². The third-order valence-electron chi connectivity index (χ3n) is 5.48. The van der Waals surface area contributed by atoms with Crippen molar-refractivity contribution in [3.63, 3.8) is 0 Å². The molecule has 0 radical (unpaired) electrons. The Morgan fingerprint density at radius 2 is 1.72 bits per heavy atom. The molecule has 0 heterocycles. The van der Waals surface area contributed by atoms with Crippen LogP contribution in [0.1, 0.15) is 29.3 Å². The van der Waals surface area contributed by atoms with Crippen molar-refractivity contribution in [3.05, 3.63) is 101 Å². The van der Waals surface area contributed by atoms with E-state index in [1.807, 2.05) is 67.6 Å². The molecular weight excluding hydrogens is 478 g/mol. The summed E-state index contributed by atoms with van der Waals surface area (Å²) in [5.74, 6) is -0.182. The number of anilines is 1. The molecule has 2 amide bonds. The van der Waals surface area contributed by atoms with Gasteiger partial charge >= 0.3 is 0 Å². The fraction of sp³-hybridized carbons (Fsp3) is 0.107. The summed E-state index contributed by atoms with van der Waals surface area (Å²) < 4.78 is 5.86. The second-order valence-corrected chi connectivity index (χ2v) is 8.34. The summed E-state index contributed by atoms with van der Waals surface area (Å²) in [6, 6.07) is 24.6. The highest BCUT2D eigenvalue weighted by molar-refractivity contribution is 6.32. The van der Waals surface area contributed by atoms with Gasteiger partial charge in [0, 0.05) is 22.2 Å². The Labute approximate surface area is 213 Å². The van der Waals surface area contributed by atoms with Gasteiger partial charge in [0.05, 0.1) is 11.2 Å². The van der Waals surface area contributed by atoms with Crippen molar-refractivity contribution in [2.24, 2.45) is 5.10 Å². The van der Waals surface area contributed by atoms with Gasteiger partial charge in [0.25, 0.3) is 11.8 Å². The Morgan fingerprint density at radius 3 is 2.44 bits per heavy atom. The monoisotopic (exact) mass is 501 g/mol. The SMILES string of the molecule is CCC(Oc1ccccc1)C(=O)Nc1ccc(/C=N/NC(=O)c2ccc(O)c(Cl)c2)c2ccccc12. The number of phenolic OH excluding ortho intramolecular Hbond substituents is 1. The van der Waals surface area contributed by atoms with Gasteiger partial charge in [-0.1, -0.05) is 67.1 Å². The van der Waals surface area contributed by atoms with Gasteiger partial charge in [-0.3, -0.25) is 9.59 Å². The number of aromatic hydroxyl groups is 1. The molecule has 0 aliphatic carbocycles. The van der Waals surface area contributed by atoms with Crippen LogP contribution < -0.4 is 15.5 Å². The fourth-order valence-corrected chi connectivity index (χ4v) is 3.80. The van der Waals surface area contributed by atoms with Crippen LogP contribution in [0.15, 0.2) is 90.0 Å². The quantitative estimate of drug-likeness (QED) is 0.211. The van der Waals surface area contributed by atoms with Gasteiger partial charge in [-0.15, -0.1) is 0 Å². The molecule has 0 saturated heterocycles. The minimum absolute atomic E-state index is 0.0785. The largest absolute Gasteiger partial charge is 0.506 e. The number of rotatable bonds is 8. The van der Waals surface area contributed by atoms with Crippen LogP contribution in [-0.2, 0) is 4.79 Å². The van der Waals surface area contributed by atoms with E-state index in [-0.39, 0.29) is 22.2 Å². The molecule has 4 rings (SSSR count). The number of fused-ring (bicyclic) bond motifs is 1. The number of phenols is 1. The van der Waals surface area contributed by atoms with E-state index in [4.69, 9.17) is 16.3 Å². The van der Waals surface area contributed by atoms with E-state index in [0.29, 0.717) is 17.9 Å². The zero-order valence-electron chi connectivity index (χ0n) is 19.4. The smallest absolute Gasteiger partial charge is 0.271 e. The van der Waals surface area contributed by atoms with Crippen LogP contribution in [0.25, 0.3) is 10.8 Å². The molecular formula is C28H24ClN3O4.